The third kappa shape index (κ3) is 2.63. The fourth-order valence-corrected chi connectivity index (χ4v) is 2.31. The highest BCUT2D eigenvalue weighted by atomic mass is 15.1. The van der Waals surface area contributed by atoms with Crippen LogP contribution in [0, 0.1) is 0 Å². The minimum absolute atomic E-state index is 0.0493. The summed E-state index contributed by atoms with van der Waals surface area (Å²) in [6.07, 6.45) is 2.20. The molecule has 0 fully saturated rings. The van der Waals surface area contributed by atoms with Crippen LogP contribution in [-0.2, 0) is 13.0 Å². The van der Waals surface area contributed by atoms with Crippen molar-refractivity contribution in [1.82, 2.24) is 4.90 Å². The molecule has 88 valence electrons. The van der Waals surface area contributed by atoms with Crippen molar-refractivity contribution in [1.29, 1.82) is 0 Å². The number of nitrogens with two attached hydrogens (primary N) is 1. The van der Waals surface area contributed by atoms with E-state index in [4.69, 9.17) is 5.73 Å². The van der Waals surface area contributed by atoms with Crippen LogP contribution in [0.3, 0.4) is 0 Å². The average molecular weight is 218 g/mol. The molecule has 2 rings (SSSR count). The van der Waals surface area contributed by atoms with Crippen LogP contribution in [0.15, 0.2) is 24.3 Å². The SMILES string of the molecule is CCC(C)(N)CN1CCc2ccccc2C1. The highest BCUT2D eigenvalue weighted by molar-refractivity contribution is 5.29. The van der Waals surface area contributed by atoms with E-state index < -0.39 is 0 Å². The zero-order chi connectivity index (χ0) is 11.6. The van der Waals surface area contributed by atoms with Crippen molar-refractivity contribution in [3.63, 3.8) is 0 Å². The van der Waals surface area contributed by atoms with Crippen LogP contribution in [0.5, 0.6) is 0 Å². The second-order valence-corrected chi connectivity index (χ2v) is 5.24. The predicted octanol–water partition coefficient (Wildman–Crippen LogP) is 2.17. The fraction of sp³-hybridized carbons (Fsp3) is 0.571. The van der Waals surface area contributed by atoms with Gasteiger partial charge in [0, 0.05) is 25.2 Å². The van der Waals surface area contributed by atoms with Gasteiger partial charge in [0.25, 0.3) is 0 Å². The van der Waals surface area contributed by atoms with Crippen molar-refractivity contribution in [3.05, 3.63) is 35.4 Å². The Labute approximate surface area is 98.4 Å². The molecule has 1 aromatic rings. The summed E-state index contributed by atoms with van der Waals surface area (Å²) in [5, 5.41) is 0. The maximum absolute atomic E-state index is 6.23. The smallest absolute Gasteiger partial charge is 0.0252 e. The van der Waals surface area contributed by atoms with E-state index in [1.54, 1.807) is 0 Å². The van der Waals surface area contributed by atoms with E-state index in [1.165, 1.54) is 11.1 Å². The molecule has 1 unspecified atom stereocenters. The minimum Gasteiger partial charge on any atom is -0.324 e. The first-order valence-electron chi connectivity index (χ1n) is 6.19. The zero-order valence-electron chi connectivity index (χ0n) is 10.4. The molecule has 0 spiro atoms. The summed E-state index contributed by atoms with van der Waals surface area (Å²) in [5.74, 6) is 0. The van der Waals surface area contributed by atoms with E-state index in [2.05, 4.69) is 43.0 Å². The van der Waals surface area contributed by atoms with Gasteiger partial charge >= 0.3 is 0 Å². The topological polar surface area (TPSA) is 29.3 Å². The highest BCUT2D eigenvalue weighted by Crippen LogP contribution is 2.20. The summed E-state index contributed by atoms with van der Waals surface area (Å²) in [6, 6.07) is 8.74. The lowest BCUT2D eigenvalue weighted by molar-refractivity contribution is 0.198. The molecular weight excluding hydrogens is 196 g/mol. The lowest BCUT2D eigenvalue weighted by Gasteiger charge is -2.35. The van der Waals surface area contributed by atoms with Gasteiger partial charge in [0.15, 0.2) is 0 Å². The van der Waals surface area contributed by atoms with Crippen molar-refractivity contribution in [2.75, 3.05) is 13.1 Å². The van der Waals surface area contributed by atoms with Crippen molar-refractivity contribution in [2.45, 2.75) is 38.8 Å². The Bertz CT molecular complexity index is 358. The average Bonchev–Trinajstić information content (AvgIpc) is 2.28. The molecule has 1 aliphatic heterocycles. The van der Waals surface area contributed by atoms with Gasteiger partial charge in [-0.25, -0.2) is 0 Å². The second kappa shape index (κ2) is 4.56. The molecule has 0 aliphatic carbocycles. The van der Waals surface area contributed by atoms with Gasteiger partial charge in [-0.3, -0.25) is 4.90 Å². The molecular formula is C14H22N2. The van der Waals surface area contributed by atoms with E-state index in [9.17, 15) is 0 Å². The normalized spacial score (nSPS) is 20.2. The third-order valence-electron chi connectivity index (χ3n) is 3.60. The minimum atomic E-state index is -0.0493. The summed E-state index contributed by atoms with van der Waals surface area (Å²) in [4.78, 5) is 2.48. The maximum Gasteiger partial charge on any atom is 0.0252 e. The first kappa shape index (κ1) is 11.6. The van der Waals surface area contributed by atoms with Crippen molar-refractivity contribution < 1.29 is 0 Å². The van der Waals surface area contributed by atoms with Crippen LogP contribution < -0.4 is 5.73 Å². The van der Waals surface area contributed by atoms with Crippen LogP contribution in [0.25, 0.3) is 0 Å². The zero-order valence-corrected chi connectivity index (χ0v) is 10.4. The molecule has 1 aromatic carbocycles. The third-order valence-corrected chi connectivity index (χ3v) is 3.60. The largest absolute Gasteiger partial charge is 0.324 e. The van der Waals surface area contributed by atoms with Gasteiger partial charge in [0.05, 0.1) is 0 Å². The van der Waals surface area contributed by atoms with Gasteiger partial charge in [-0.15, -0.1) is 0 Å². The molecule has 1 atom stereocenters. The lowest BCUT2D eigenvalue weighted by Crippen LogP contribution is -2.48. The van der Waals surface area contributed by atoms with Crippen LogP contribution in [0.1, 0.15) is 31.4 Å². The molecule has 1 aliphatic rings. The summed E-state index contributed by atoms with van der Waals surface area (Å²) >= 11 is 0. The maximum atomic E-state index is 6.23. The monoisotopic (exact) mass is 218 g/mol. The molecule has 0 aromatic heterocycles. The number of benzene rings is 1. The van der Waals surface area contributed by atoms with Gasteiger partial charge in [-0.05, 0) is 30.9 Å². The van der Waals surface area contributed by atoms with E-state index in [0.717, 1.165) is 32.5 Å². The molecule has 2 N–H and O–H groups in total. The molecule has 0 saturated carbocycles. The lowest BCUT2D eigenvalue weighted by atomic mass is 9.95. The van der Waals surface area contributed by atoms with E-state index in [-0.39, 0.29) is 5.54 Å². The van der Waals surface area contributed by atoms with Gasteiger partial charge in [0.2, 0.25) is 0 Å². The summed E-state index contributed by atoms with van der Waals surface area (Å²) in [6.45, 7) is 7.51. The quantitative estimate of drug-likeness (QED) is 0.842. The molecule has 0 radical (unpaired) electrons. The second-order valence-electron chi connectivity index (χ2n) is 5.24. The number of rotatable bonds is 3. The summed E-state index contributed by atoms with van der Waals surface area (Å²) in [7, 11) is 0. The standard InChI is InChI=1S/C14H22N2/c1-3-14(2,15)11-16-9-8-12-6-4-5-7-13(12)10-16/h4-7H,3,8-11,15H2,1-2H3. The number of fused-ring (bicyclic) bond motifs is 1. The molecule has 16 heavy (non-hydrogen) atoms. The molecule has 0 saturated heterocycles. The van der Waals surface area contributed by atoms with E-state index in [1.807, 2.05) is 0 Å². The number of hydrogen-bond acceptors (Lipinski definition) is 2. The highest BCUT2D eigenvalue weighted by Gasteiger charge is 2.23. The Morgan fingerprint density at radius 2 is 2.00 bits per heavy atom. The Kier molecular flexibility index (Phi) is 3.31. The number of nitrogens with zero attached hydrogens (tertiary/aromatic N) is 1. The van der Waals surface area contributed by atoms with Crippen molar-refractivity contribution >= 4 is 0 Å². The van der Waals surface area contributed by atoms with Crippen LogP contribution in [0.4, 0.5) is 0 Å². The predicted molar refractivity (Wildman–Crippen MR) is 68.3 cm³/mol. The van der Waals surface area contributed by atoms with Crippen LogP contribution in [-0.4, -0.2) is 23.5 Å². The Morgan fingerprint density at radius 1 is 1.31 bits per heavy atom. The molecule has 2 heteroatoms. The van der Waals surface area contributed by atoms with Gasteiger partial charge in [0.1, 0.15) is 0 Å². The van der Waals surface area contributed by atoms with Crippen LogP contribution in [0.2, 0.25) is 0 Å². The van der Waals surface area contributed by atoms with Crippen molar-refractivity contribution in [3.8, 4) is 0 Å². The van der Waals surface area contributed by atoms with Gasteiger partial charge < -0.3 is 5.73 Å². The Balaban J connectivity index is 2.03. The van der Waals surface area contributed by atoms with Gasteiger partial charge in [-0.1, -0.05) is 31.2 Å². The summed E-state index contributed by atoms with van der Waals surface area (Å²) in [5.41, 5.74) is 9.16. The Morgan fingerprint density at radius 3 is 2.69 bits per heavy atom. The molecule has 0 bridgehead atoms. The first-order valence-corrected chi connectivity index (χ1v) is 6.19. The molecule has 1 heterocycles. The van der Waals surface area contributed by atoms with E-state index in [0.29, 0.717) is 0 Å². The van der Waals surface area contributed by atoms with E-state index >= 15 is 0 Å². The van der Waals surface area contributed by atoms with Gasteiger partial charge in [-0.2, -0.15) is 0 Å². The summed E-state index contributed by atoms with van der Waals surface area (Å²) < 4.78 is 0. The molecule has 2 nitrogen and oxygen atoms in total. The first-order chi connectivity index (χ1) is 7.61. The molecule has 0 amide bonds. The fourth-order valence-electron chi connectivity index (χ4n) is 2.31. The Hall–Kier alpha value is -0.860. The van der Waals surface area contributed by atoms with Crippen molar-refractivity contribution in [2.24, 2.45) is 5.73 Å². The number of hydrogen-bond donors (Lipinski definition) is 1. The van der Waals surface area contributed by atoms with Crippen LogP contribution >= 0.6 is 0 Å².